The number of aliphatic carboxylic acids is 1. The molecule has 1 fully saturated rings. The molecule has 1 saturated carbocycles. The third-order valence-electron chi connectivity index (χ3n) is 6.13. The van der Waals surface area contributed by atoms with E-state index in [-0.39, 0.29) is 23.9 Å². The smallest absolute Gasteiger partial charge is 0.315 e. The van der Waals surface area contributed by atoms with E-state index < -0.39 is 11.9 Å². The van der Waals surface area contributed by atoms with E-state index in [2.05, 4.69) is 37.3 Å². The molecular weight excluding hydrogens is 420 g/mol. The average Bonchev–Trinajstić information content (AvgIpc) is 3.30. The first-order chi connectivity index (χ1) is 15.0. The lowest BCUT2D eigenvalue weighted by atomic mass is 9.89. The predicted molar refractivity (Wildman–Crippen MR) is 115 cm³/mol. The Bertz CT molecular complexity index is 1090. The van der Waals surface area contributed by atoms with Crippen LogP contribution in [-0.4, -0.2) is 33.1 Å². The number of carboxylic acid groups (broad SMARTS) is 1. The number of urea groups is 1. The molecule has 9 nitrogen and oxygen atoms in total. The number of nitrogens with one attached hydrogen (secondary N) is 4. The van der Waals surface area contributed by atoms with Gasteiger partial charge in [-0.1, -0.05) is 29.8 Å². The second kappa shape index (κ2) is 7.73. The number of carbonyl (C=O) groups excluding carboxylic acids is 1. The maximum absolute atomic E-state index is 11.8. The van der Waals surface area contributed by atoms with Gasteiger partial charge in [0.1, 0.15) is 5.02 Å². The van der Waals surface area contributed by atoms with Gasteiger partial charge in [0, 0.05) is 24.8 Å². The number of allylic oxidation sites excluding steroid dienone is 1. The molecule has 1 aromatic heterocycles. The minimum Gasteiger partial charge on any atom is -0.481 e. The van der Waals surface area contributed by atoms with E-state index in [4.69, 9.17) is 11.6 Å². The van der Waals surface area contributed by atoms with Gasteiger partial charge in [0.15, 0.2) is 5.82 Å². The Morgan fingerprint density at radius 3 is 2.74 bits per heavy atom. The molecule has 0 radical (unpaired) electrons. The number of fused-ring (bicyclic) bond motifs is 3. The van der Waals surface area contributed by atoms with Gasteiger partial charge in [-0.2, -0.15) is 4.98 Å². The van der Waals surface area contributed by atoms with Gasteiger partial charge in [-0.05, 0) is 41.5 Å². The Labute approximate surface area is 183 Å². The monoisotopic (exact) mass is 440 g/mol. The number of hydrogen-bond donors (Lipinski definition) is 5. The summed E-state index contributed by atoms with van der Waals surface area (Å²) in [6, 6.07) is 5.31. The summed E-state index contributed by atoms with van der Waals surface area (Å²) < 4.78 is 0. The molecule has 5 N–H and O–H groups in total. The third-order valence-corrected chi connectivity index (χ3v) is 6.41. The topological polar surface area (TPSA) is 128 Å². The molecule has 160 valence electrons. The maximum atomic E-state index is 11.8. The summed E-state index contributed by atoms with van der Waals surface area (Å²) in [7, 11) is 0. The van der Waals surface area contributed by atoms with Gasteiger partial charge in [-0.25, -0.2) is 9.78 Å². The molecule has 1 aliphatic heterocycles. The fraction of sp³-hybridized carbons (Fsp3) is 0.333. The van der Waals surface area contributed by atoms with Crippen LogP contribution in [-0.2, 0) is 17.9 Å². The molecule has 0 saturated heterocycles. The van der Waals surface area contributed by atoms with E-state index in [1.54, 1.807) is 0 Å². The Balaban J connectivity index is 1.35. The van der Waals surface area contributed by atoms with Crippen LogP contribution >= 0.6 is 11.6 Å². The van der Waals surface area contributed by atoms with Crippen LogP contribution in [0.3, 0.4) is 0 Å². The standard InChI is InChI=1S/C21H21ClN6O3/c22-15-9-23-20(26-14-4-3-12-7-24-21(31)25-8-13(12)6-14)28-18(15)27-17-11-2-1-10(5-11)16(17)19(29)30/h1-4,6,9-11,16-17H,5,7-8H2,(H,29,30)(H2,24,25,31)(H2,23,26,27,28). The normalized spacial score (nSPS) is 25.9. The highest BCUT2D eigenvalue weighted by atomic mass is 35.5. The van der Waals surface area contributed by atoms with Crippen molar-refractivity contribution in [3.05, 3.63) is 52.7 Å². The lowest BCUT2D eigenvalue weighted by Gasteiger charge is -2.26. The number of carbonyl (C=O) groups is 2. The number of halogens is 1. The first kappa shape index (κ1) is 19.6. The van der Waals surface area contributed by atoms with Gasteiger partial charge in [0.05, 0.1) is 12.1 Å². The molecule has 31 heavy (non-hydrogen) atoms. The van der Waals surface area contributed by atoms with Crippen molar-refractivity contribution < 1.29 is 14.7 Å². The fourth-order valence-corrected chi connectivity index (χ4v) is 4.77. The molecule has 4 unspecified atom stereocenters. The summed E-state index contributed by atoms with van der Waals surface area (Å²) in [6.07, 6.45) is 6.38. The summed E-state index contributed by atoms with van der Waals surface area (Å²) in [6.45, 7) is 0.898. The number of amides is 2. The van der Waals surface area contributed by atoms with Crippen molar-refractivity contribution in [1.82, 2.24) is 20.6 Å². The van der Waals surface area contributed by atoms with E-state index in [1.807, 2.05) is 24.3 Å². The van der Waals surface area contributed by atoms with E-state index in [0.29, 0.717) is 29.9 Å². The molecule has 2 aromatic rings. The molecule has 2 heterocycles. The maximum Gasteiger partial charge on any atom is 0.315 e. The first-order valence-electron chi connectivity index (χ1n) is 10.1. The SMILES string of the molecule is O=C1NCc2ccc(Nc3ncc(Cl)c(NC4C5C=CC(C5)C4C(=O)O)n3)cc2CN1. The number of hydrogen-bond acceptors (Lipinski definition) is 6. The number of carboxylic acids is 1. The van der Waals surface area contributed by atoms with Crippen molar-refractivity contribution in [3.63, 3.8) is 0 Å². The van der Waals surface area contributed by atoms with Gasteiger partial charge < -0.3 is 26.4 Å². The molecular formula is C21H21ClN6O3. The molecule has 10 heteroatoms. The Hall–Kier alpha value is -3.33. The zero-order chi connectivity index (χ0) is 21.5. The fourth-order valence-electron chi connectivity index (χ4n) is 4.63. The predicted octanol–water partition coefficient (Wildman–Crippen LogP) is 2.87. The van der Waals surface area contributed by atoms with Gasteiger partial charge in [0.25, 0.3) is 0 Å². The number of nitrogens with zero attached hydrogens (tertiary/aromatic N) is 2. The largest absolute Gasteiger partial charge is 0.481 e. The number of benzene rings is 1. The van der Waals surface area contributed by atoms with E-state index >= 15 is 0 Å². The van der Waals surface area contributed by atoms with E-state index in [0.717, 1.165) is 23.2 Å². The number of aromatic nitrogens is 2. The molecule has 2 bridgehead atoms. The highest BCUT2D eigenvalue weighted by Gasteiger charge is 2.48. The Morgan fingerprint density at radius 2 is 1.94 bits per heavy atom. The summed E-state index contributed by atoms with van der Waals surface area (Å²) in [5.74, 6) is -0.402. The summed E-state index contributed by atoms with van der Waals surface area (Å²) in [4.78, 5) is 32.0. The van der Waals surface area contributed by atoms with Crippen LogP contribution in [0.2, 0.25) is 5.02 Å². The van der Waals surface area contributed by atoms with Crippen LogP contribution in [0.4, 0.5) is 22.2 Å². The third kappa shape index (κ3) is 3.76. The van der Waals surface area contributed by atoms with Crippen molar-refractivity contribution in [2.75, 3.05) is 10.6 Å². The molecule has 4 atom stereocenters. The molecule has 2 aliphatic carbocycles. The number of anilines is 3. The van der Waals surface area contributed by atoms with E-state index in [1.165, 1.54) is 6.20 Å². The summed E-state index contributed by atoms with van der Waals surface area (Å²) in [5, 5.41) is 22.0. The minimum absolute atomic E-state index is 0.0350. The Morgan fingerprint density at radius 1 is 1.16 bits per heavy atom. The van der Waals surface area contributed by atoms with Crippen LogP contribution in [0.25, 0.3) is 0 Å². The molecule has 5 rings (SSSR count). The van der Waals surface area contributed by atoms with Gasteiger partial charge in [-0.15, -0.1) is 0 Å². The van der Waals surface area contributed by atoms with Crippen LogP contribution in [0.15, 0.2) is 36.5 Å². The van der Waals surface area contributed by atoms with E-state index in [9.17, 15) is 14.7 Å². The molecule has 1 aromatic carbocycles. The van der Waals surface area contributed by atoms with Crippen molar-refractivity contribution in [2.45, 2.75) is 25.6 Å². The second-order valence-corrected chi connectivity index (χ2v) is 8.42. The van der Waals surface area contributed by atoms with Gasteiger partial charge in [-0.3, -0.25) is 4.79 Å². The van der Waals surface area contributed by atoms with Crippen LogP contribution < -0.4 is 21.3 Å². The summed E-state index contributed by atoms with van der Waals surface area (Å²) >= 11 is 6.31. The van der Waals surface area contributed by atoms with Crippen molar-refractivity contribution in [1.29, 1.82) is 0 Å². The Kier molecular flexibility index (Phi) is 4.90. The molecule has 0 spiro atoms. The first-order valence-corrected chi connectivity index (χ1v) is 10.5. The van der Waals surface area contributed by atoms with Crippen molar-refractivity contribution in [2.24, 2.45) is 17.8 Å². The zero-order valence-electron chi connectivity index (χ0n) is 16.4. The van der Waals surface area contributed by atoms with Crippen molar-refractivity contribution >= 4 is 41.1 Å². The minimum atomic E-state index is -0.815. The second-order valence-electron chi connectivity index (χ2n) is 8.02. The molecule has 3 aliphatic rings. The van der Waals surface area contributed by atoms with Gasteiger partial charge >= 0.3 is 12.0 Å². The van der Waals surface area contributed by atoms with Crippen LogP contribution in [0, 0.1) is 17.8 Å². The summed E-state index contributed by atoms with van der Waals surface area (Å²) in [5.41, 5.74) is 2.80. The number of rotatable bonds is 5. The van der Waals surface area contributed by atoms with Crippen LogP contribution in [0.1, 0.15) is 17.5 Å². The molecule has 2 amide bonds. The van der Waals surface area contributed by atoms with Gasteiger partial charge in [0.2, 0.25) is 5.95 Å². The zero-order valence-corrected chi connectivity index (χ0v) is 17.2. The highest BCUT2D eigenvalue weighted by molar-refractivity contribution is 6.32. The highest BCUT2D eigenvalue weighted by Crippen LogP contribution is 2.45. The lowest BCUT2D eigenvalue weighted by molar-refractivity contribution is -0.142. The quantitative estimate of drug-likeness (QED) is 0.452. The average molecular weight is 441 g/mol. The van der Waals surface area contributed by atoms with Crippen molar-refractivity contribution in [3.8, 4) is 0 Å². The van der Waals surface area contributed by atoms with Crippen LogP contribution in [0.5, 0.6) is 0 Å². The lowest BCUT2D eigenvalue weighted by Crippen LogP contribution is -2.38.